The maximum Gasteiger partial charge on any atom is 0.412 e. The zero-order chi connectivity index (χ0) is 22.7. The zero-order valence-corrected chi connectivity index (χ0v) is 22.1. The van der Waals surface area contributed by atoms with Crippen LogP contribution in [0.4, 0.5) is 10.5 Å². The average molecular weight is 556 g/mol. The van der Waals surface area contributed by atoms with Crippen LogP contribution in [0.1, 0.15) is 45.2 Å². The Morgan fingerprint density at radius 2 is 1.91 bits per heavy atom. The number of hydrogen-bond donors (Lipinski definition) is 3. The van der Waals surface area contributed by atoms with Crippen LogP contribution in [0.5, 0.6) is 0 Å². The summed E-state index contributed by atoms with van der Waals surface area (Å²) in [6, 6.07) is 7.78. The molecular formula is C23H37IN6O2. The van der Waals surface area contributed by atoms with Crippen molar-refractivity contribution in [3.63, 3.8) is 0 Å². The van der Waals surface area contributed by atoms with Gasteiger partial charge in [0.15, 0.2) is 5.96 Å². The van der Waals surface area contributed by atoms with Gasteiger partial charge in [-0.25, -0.2) is 4.79 Å². The molecule has 0 unspecified atom stereocenters. The van der Waals surface area contributed by atoms with Crippen LogP contribution in [0.25, 0.3) is 0 Å². The number of benzene rings is 1. The predicted octanol–water partition coefficient (Wildman–Crippen LogP) is 4.34. The van der Waals surface area contributed by atoms with Crippen LogP contribution >= 0.6 is 24.0 Å². The number of aromatic nitrogens is 2. The Kier molecular flexibility index (Phi) is 12.1. The van der Waals surface area contributed by atoms with Gasteiger partial charge in [0.05, 0.1) is 6.20 Å². The Morgan fingerprint density at radius 1 is 1.19 bits per heavy atom. The predicted molar refractivity (Wildman–Crippen MR) is 141 cm³/mol. The fraction of sp³-hybridized carbons (Fsp3) is 0.522. The lowest BCUT2D eigenvalue weighted by Gasteiger charge is -2.19. The largest absolute Gasteiger partial charge is 0.444 e. The van der Waals surface area contributed by atoms with E-state index < -0.39 is 11.7 Å². The molecule has 0 bridgehead atoms. The quantitative estimate of drug-likeness (QED) is 0.185. The Hall–Kier alpha value is -2.30. The molecule has 2 aromatic rings. The van der Waals surface area contributed by atoms with Crippen LogP contribution in [-0.4, -0.2) is 47.1 Å². The van der Waals surface area contributed by atoms with Gasteiger partial charge >= 0.3 is 6.09 Å². The first kappa shape index (κ1) is 27.7. The number of carbonyl (C=O) groups is 1. The van der Waals surface area contributed by atoms with E-state index in [0.717, 1.165) is 45.0 Å². The highest BCUT2D eigenvalue weighted by Crippen LogP contribution is 2.13. The van der Waals surface area contributed by atoms with Crippen LogP contribution in [0.2, 0.25) is 0 Å². The van der Waals surface area contributed by atoms with E-state index in [1.54, 1.807) is 0 Å². The van der Waals surface area contributed by atoms with Crippen molar-refractivity contribution in [2.75, 3.05) is 25.0 Å². The van der Waals surface area contributed by atoms with Crippen LogP contribution in [-0.2, 0) is 17.7 Å². The van der Waals surface area contributed by atoms with Crippen LogP contribution in [0.15, 0.2) is 41.7 Å². The second-order valence-corrected chi connectivity index (χ2v) is 8.40. The first-order valence-electron chi connectivity index (χ1n) is 10.9. The standard InChI is InChI=1S/C23H36N6O2.HI/c1-6-24-21(25-13-7-15-29-17-18(2)16-27-29)26-14-12-19-8-10-20(11-9-19)28-22(30)31-23(3,4)5;/h8-11,16-17H,6-7,12-15H2,1-5H3,(H,28,30)(H2,24,25,26);1H. The number of guanidine groups is 1. The number of halogens is 1. The molecule has 0 spiro atoms. The van der Waals surface area contributed by atoms with E-state index >= 15 is 0 Å². The monoisotopic (exact) mass is 556 g/mol. The summed E-state index contributed by atoms with van der Waals surface area (Å²) in [6.07, 6.45) is 5.25. The number of hydrogen-bond acceptors (Lipinski definition) is 4. The van der Waals surface area contributed by atoms with Crippen molar-refractivity contribution in [3.8, 4) is 0 Å². The third-order valence-corrected chi connectivity index (χ3v) is 4.23. The van der Waals surface area contributed by atoms with Gasteiger partial charge in [0.25, 0.3) is 0 Å². The smallest absolute Gasteiger partial charge is 0.412 e. The number of anilines is 1. The third kappa shape index (κ3) is 11.4. The second-order valence-electron chi connectivity index (χ2n) is 8.40. The molecule has 0 fully saturated rings. The molecule has 9 heteroatoms. The van der Waals surface area contributed by atoms with E-state index in [1.807, 2.05) is 69.0 Å². The molecule has 2 rings (SSSR count). The maximum atomic E-state index is 11.8. The normalized spacial score (nSPS) is 11.5. The van der Waals surface area contributed by atoms with Crippen LogP contribution in [0.3, 0.4) is 0 Å². The first-order valence-corrected chi connectivity index (χ1v) is 10.9. The molecule has 0 aliphatic heterocycles. The highest BCUT2D eigenvalue weighted by atomic mass is 127. The van der Waals surface area contributed by atoms with Gasteiger partial charge < -0.3 is 15.4 Å². The molecule has 0 saturated heterocycles. The molecule has 178 valence electrons. The van der Waals surface area contributed by atoms with E-state index in [1.165, 1.54) is 11.1 Å². The lowest BCUT2D eigenvalue weighted by atomic mass is 10.1. The van der Waals surface area contributed by atoms with Crippen molar-refractivity contribution >= 4 is 41.7 Å². The average Bonchev–Trinajstić information content (AvgIpc) is 3.10. The number of amides is 1. The summed E-state index contributed by atoms with van der Waals surface area (Å²) >= 11 is 0. The number of rotatable bonds is 9. The molecule has 3 N–H and O–H groups in total. The summed E-state index contributed by atoms with van der Waals surface area (Å²) in [6.45, 7) is 12.8. The van der Waals surface area contributed by atoms with Gasteiger partial charge in [0, 0.05) is 38.1 Å². The minimum atomic E-state index is -0.514. The lowest BCUT2D eigenvalue weighted by Crippen LogP contribution is -2.38. The van der Waals surface area contributed by atoms with E-state index in [2.05, 4.69) is 33.0 Å². The van der Waals surface area contributed by atoms with E-state index in [0.29, 0.717) is 5.69 Å². The summed E-state index contributed by atoms with van der Waals surface area (Å²) in [5.41, 5.74) is 2.55. The van der Waals surface area contributed by atoms with Crippen molar-refractivity contribution in [2.45, 2.75) is 59.6 Å². The molecule has 1 heterocycles. The lowest BCUT2D eigenvalue weighted by molar-refractivity contribution is 0.0636. The summed E-state index contributed by atoms with van der Waals surface area (Å²) in [5.74, 6) is 0.822. The fourth-order valence-corrected chi connectivity index (χ4v) is 2.86. The van der Waals surface area contributed by atoms with Gasteiger partial charge in [-0.2, -0.15) is 5.10 Å². The molecule has 1 aromatic carbocycles. The number of aryl methyl sites for hydroxylation is 2. The van der Waals surface area contributed by atoms with Crippen LogP contribution in [0, 0.1) is 6.92 Å². The van der Waals surface area contributed by atoms with Crippen molar-refractivity contribution < 1.29 is 9.53 Å². The molecule has 0 aliphatic carbocycles. The number of aliphatic imine (C=N–C) groups is 1. The molecule has 0 radical (unpaired) electrons. The van der Waals surface area contributed by atoms with Gasteiger partial charge in [-0.1, -0.05) is 12.1 Å². The molecule has 0 saturated carbocycles. The zero-order valence-electron chi connectivity index (χ0n) is 19.8. The molecule has 32 heavy (non-hydrogen) atoms. The van der Waals surface area contributed by atoms with Gasteiger partial charge in [0.1, 0.15) is 5.60 Å². The summed E-state index contributed by atoms with van der Waals surface area (Å²) in [5, 5.41) is 13.7. The fourth-order valence-electron chi connectivity index (χ4n) is 2.86. The molecule has 1 aromatic heterocycles. The Labute approximate surface area is 208 Å². The number of nitrogens with one attached hydrogen (secondary N) is 3. The molecule has 1 amide bonds. The maximum absolute atomic E-state index is 11.8. The minimum Gasteiger partial charge on any atom is -0.444 e. The third-order valence-electron chi connectivity index (χ3n) is 4.23. The van der Waals surface area contributed by atoms with Gasteiger partial charge in [0.2, 0.25) is 0 Å². The van der Waals surface area contributed by atoms with Crippen molar-refractivity contribution in [1.82, 2.24) is 20.4 Å². The van der Waals surface area contributed by atoms with Crippen molar-refractivity contribution in [3.05, 3.63) is 47.8 Å². The van der Waals surface area contributed by atoms with Crippen LogP contribution < -0.4 is 16.0 Å². The van der Waals surface area contributed by atoms with Gasteiger partial charge in [-0.3, -0.25) is 15.0 Å². The summed E-state index contributed by atoms with van der Waals surface area (Å²) < 4.78 is 7.22. The molecule has 8 nitrogen and oxygen atoms in total. The number of ether oxygens (including phenoxy) is 1. The summed E-state index contributed by atoms with van der Waals surface area (Å²) in [7, 11) is 0. The molecule has 0 aliphatic rings. The van der Waals surface area contributed by atoms with Crippen molar-refractivity contribution in [1.29, 1.82) is 0 Å². The molecule has 0 atom stereocenters. The van der Waals surface area contributed by atoms with E-state index in [-0.39, 0.29) is 24.0 Å². The van der Waals surface area contributed by atoms with Gasteiger partial charge in [-0.05, 0) is 70.7 Å². The number of carbonyl (C=O) groups excluding carboxylic acids is 1. The Balaban J connectivity index is 0.00000512. The SMILES string of the molecule is CCNC(=NCCCn1cc(C)cn1)NCCc1ccc(NC(=O)OC(C)(C)C)cc1.I. The second kappa shape index (κ2) is 14.0. The minimum absolute atomic E-state index is 0. The number of nitrogens with zero attached hydrogens (tertiary/aromatic N) is 3. The topological polar surface area (TPSA) is 92.6 Å². The van der Waals surface area contributed by atoms with E-state index in [4.69, 9.17) is 4.74 Å². The highest BCUT2D eigenvalue weighted by Gasteiger charge is 2.16. The highest BCUT2D eigenvalue weighted by molar-refractivity contribution is 14.0. The van der Waals surface area contributed by atoms with E-state index in [9.17, 15) is 4.79 Å². The molecular weight excluding hydrogens is 519 g/mol. The first-order chi connectivity index (χ1) is 14.7. The van der Waals surface area contributed by atoms with Crippen molar-refractivity contribution in [2.24, 2.45) is 4.99 Å². The Morgan fingerprint density at radius 3 is 2.50 bits per heavy atom. The Bertz CT molecular complexity index is 843. The van der Waals surface area contributed by atoms with Gasteiger partial charge in [-0.15, -0.1) is 24.0 Å². The summed E-state index contributed by atoms with van der Waals surface area (Å²) in [4.78, 5) is 16.5.